The standard InChI is InChI=1S/C14H22N2O6S2/c1-4-5-6-13(14(17)18)15-23(19,20)11-7-9-12(10-8-11)24(21,22)16(2)3/h7-10,13,15H,4-6H2,1-3H3,(H,17,18)/t13-/m0/s1. The molecule has 24 heavy (non-hydrogen) atoms. The normalized spacial score (nSPS) is 13.8. The van der Waals surface area contributed by atoms with E-state index in [1.54, 1.807) is 0 Å². The van der Waals surface area contributed by atoms with Crippen LogP contribution < -0.4 is 4.72 Å². The molecule has 1 aromatic rings. The molecule has 0 amide bonds. The second-order valence-electron chi connectivity index (χ2n) is 5.41. The fourth-order valence-electron chi connectivity index (χ4n) is 1.90. The van der Waals surface area contributed by atoms with Crippen LogP contribution in [-0.2, 0) is 24.8 Å². The van der Waals surface area contributed by atoms with Gasteiger partial charge >= 0.3 is 5.97 Å². The molecular formula is C14H22N2O6S2. The molecular weight excluding hydrogens is 356 g/mol. The van der Waals surface area contributed by atoms with Gasteiger partial charge in [-0.15, -0.1) is 0 Å². The largest absolute Gasteiger partial charge is 0.480 e. The van der Waals surface area contributed by atoms with Crippen molar-refractivity contribution < 1.29 is 26.7 Å². The number of nitrogens with zero attached hydrogens (tertiary/aromatic N) is 1. The zero-order valence-corrected chi connectivity index (χ0v) is 15.4. The molecule has 0 saturated heterocycles. The van der Waals surface area contributed by atoms with Crippen molar-refractivity contribution in [2.75, 3.05) is 14.1 Å². The van der Waals surface area contributed by atoms with E-state index in [9.17, 15) is 21.6 Å². The van der Waals surface area contributed by atoms with Crippen LogP contribution in [0.2, 0.25) is 0 Å². The maximum absolute atomic E-state index is 12.3. The average molecular weight is 378 g/mol. The molecule has 0 heterocycles. The molecule has 0 aliphatic heterocycles. The number of rotatable bonds is 9. The van der Waals surface area contributed by atoms with Gasteiger partial charge in [-0.1, -0.05) is 19.8 Å². The number of hydrogen-bond acceptors (Lipinski definition) is 5. The number of unbranched alkanes of at least 4 members (excludes halogenated alkanes) is 1. The molecule has 0 unspecified atom stereocenters. The maximum atomic E-state index is 12.3. The van der Waals surface area contributed by atoms with Crippen molar-refractivity contribution in [2.45, 2.75) is 42.0 Å². The van der Waals surface area contributed by atoms with Gasteiger partial charge in [-0.2, -0.15) is 4.72 Å². The smallest absolute Gasteiger partial charge is 0.321 e. The van der Waals surface area contributed by atoms with Crippen LogP contribution in [0.4, 0.5) is 0 Å². The molecule has 0 radical (unpaired) electrons. The van der Waals surface area contributed by atoms with Crippen LogP contribution >= 0.6 is 0 Å². The summed E-state index contributed by atoms with van der Waals surface area (Å²) in [4.78, 5) is 10.9. The predicted molar refractivity (Wildman–Crippen MR) is 88.6 cm³/mol. The van der Waals surface area contributed by atoms with E-state index in [2.05, 4.69) is 4.72 Å². The van der Waals surface area contributed by atoms with Gasteiger partial charge in [-0.3, -0.25) is 4.79 Å². The van der Waals surface area contributed by atoms with Crippen LogP contribution in [0.1, 0.15) is 26.2 Å². The lowest BCUT2D eigenvalue weighted by molar-refractivity contribution is -0.139. The molecule has 0 spiro atoms. The number of benzene rings is 1. The van der Waals surface area contributed by atoms with E-state index in [0.717, 1.165) is 22.9 Å². The van der Waals surface area contributed by atoms with Crippen molar-refractivity contribution in [2.24, 2.45) is 0 Å². The van der Waals surface area contributed by atoms with Gasteiger partial charge in [-0.05, 0) is 30.7 Å². The molecule has 136 valence electrons. The Labute approximate surface area is 142 Å². The van der Waals surface area contributed by atoms with Crippen LogP contribution in [0.15, 0.2) is 34.1 Å². The molecule has 0 bridgehead atoms. The summed E-state index contributed by atoms with van der Waals surface area (Å²) in [6, 6.07) is 3.40. The van der Waals surface area contributed by atoms with E-state index in [0.29, 0.717) is 6.42 Å². The topological polar surface area (TPSA) is 121 Å². The molecule has 0 aromatic heterocycles. The number of nitrogens with one attached hydrogen (secondary N) is 1. The third-order valence-electron chi connectivity index (χ3n) is 3.35. The van der Waals surface area contributed by atoms with Gasteiger partial charge in [0.05, 0.1) is 9.79 Å². The summed E-state index contributed by atoms with van der Waals surface area (Å²) in [5.41, 5.74) is 0. The zero-order valence-electron chi connectivity index (χ0n) is 13.8. The van der Waals surface area contributed by atoms with Crippen molar-refractivity contribution in [3.05, 3.63) is 24.3 Å². The lowest BCUT2D eigenvalue weighted by Crippen LogP contribution is -2.40. The van der Waals surface area contributed by atoms with Crippen LogP contribution in [0.3, 0.4) is 0 Å². The summed E-state index contributed by atoms with van der Waals surface area (Å²) < 4.78 is 51.6. The molecule has 1 rings (SSSR count). The monoisotopic (exact) mass is 378 g/mol. The highest BCUT2D eigenvalue weighted by Crippen LogP contribution is 2.17. The van der Waals surface area contributed by atoms with E-state index >= 15 is 0 Å². The van der Waals surface area contributed by atoms with Gasteiger partial charge in [0, 0.05) is 14.1 Å². The molecule has 8 nitrogen and oxygen atoms in total. The SMILES string of the molecule is CCCC[C@H](NS(=O)(=O)c1ccc(S(=O)(=O)N(C)C)cc1)C(=O)O. The number of carbonyl (C=O) groups is 1. The van der Waals surface area contributed by atoms with Gasteiger partial charge in [0.15, 0.2) is 0 Å². The van der Waals surface area contributed by atoms with Crippen molar-refractivity contribution >= 4 is 26.0 Å². The Hall–Kier alpha value is -1.49. The van der Waals surface area contributed by atoms with E-state index < -0.39 is 32.1 Å². The molecule has 1 aromatic carbocycles. The first kappa shape index (κ1) is 20.6. The van der Waals surface area contributed by atoms with Crippen LogP contribution in [0.25, 0.3) is 0 Å². The number of carboxylic acids is 1. The molecule has 0 aliphatic rings. The minimum atomic E-state index is -4.06. The van der Waals surface area contributed by atoms with E-state index in [1.165, 1.54) is 26.2 Å². The van der Waals surface area contributed by atoms with Crippen LogP contribution in [0.5, 0.6) is 0 Å². The van der Waals surface area contributed by atoms with Crippen molar-refractivity contribution in [3.63, 3.8) is 0 Å². The Bertz CT molecular complexity index is 770. The summed E-state index contributed by atoms with van der Waals surface area (Å²) in [5.74, 6) is -1.25. The first-order valence-corrected chi connectivity index (χ1v) is 10.2. The Morgan fingerprint density at radius 3 is 2.04 bits per heavy atom. The third-order valence-corrected chi connectivity index (χ3v) is 6.67. The second-order valence-corrected chi connectivity index (χ2v) is 9.28. The van der Waals surface area contributed by atoms with Gasteiger partial charge < -0.3 is 5.11 Å². The molecule has 2 N–H and O–H groups in total. The molecule has 10 heteroatoms. The third kappa shape index (κ3) is 5.00. The Morgan fingerprint density at radius 1 is 1.12 bits per heavy atom. The highest BCUT2D eigenvalue weighted by atomic mass is 32.2. The van der Waals surface area contributed by atoms with Gasteiger partial charge in [-0.25, -0.2) is 21.1 Å². The van der Waals surface area contributed by atoms with E-state index in [4.69, 9.17) is 5.11 Å². The lowest BCUT2D eigenvalue weighted by Gasteiger charge is -2.15. The number of hydrogen-bond donors (Lipinski definition) is 2. The maximum Gasteiger partial charge on any atom is 0.321 e. The molecule has 1 atom stereocenters. The first-order valence-electron chi connectivity index (χ1n) is 7.30. The van der Waals surface area contributed by atoms with Gasteiger partial charge in [0.1, 0.15) is 6.04 Å². The minimum absolute atomic E-state index is 0.0489. The number of sulfonamides is 2. The summed E-state index contributed by atoms with van der Waals surface area (Å²) in [7, 11) is -4.98. The number of carboxylic acid groups (broad SMARTS) is 1. The lowest BCUT2D eigenvalue weighted by atomic mass is 10.1. The summed E-state index contributed by atoms with van der Waals surface area (Å²) in [5, 5.41) is 9.11. The van der Waals surface area contributed by atoms with Crippen molar-refractivity contribution in [3.8, 4) is 0 Å². The number of aliphatic carboxylic acids is 1. The van der Waals surface area contributed by atoms with Crippen LogP contribution in [-0.4, -0.2) is 52.4 Å². The average Bonchev–Trinajstić information content (AvgIpc) is 2.51. The molecule has 0 aliphatic carbocycles. The second kappa shape index (κ2) is 8.06. The highest BCUT2D eigenvalue weighted by molar-refractivity contribution is 7.89. The summed E-state index contributed by atoms with van der Waals surface area (Å²) >= 11 is 0. The Morgan fingerprint density at radius 2 is 1.62 bits per heavy atom. The van der Waals surface area contributed by atoms with Crippen molar-refractivity contribution in [1.29, 1.82) is 0 Å². The Kier molecular flexibility index (Phi) is 6.90. The zero-order chi connectivity index (χ0) is 18.5. The summed E-state index contributed by atoms with van der Waals surface area (Å²) in [6.45, 7) is 1.87. The highest BCUT2D eigenvalue weighted by Gasteiger charge is 2.25. The Balaban J connectivity index is 3.05. The fourth-order valence-corrected chi connectivity index (χ4v) is 4.02. The van der Waals surface area contributed by atoms with Crippen LogP contribution in [0, 0.1) is 0 Å². The molecule has 0 fully saturated rings. The quantitative estimate of drug-likeness (QED) is 0.657. The van der Waals surface area contributed by atoms with Gasteiger partial charge in [0.2, 0.25) is 20.0 Å². The van der Waals surface area contributed by atoms with Gasteiger partial charge in [0.25, 0.3) is 0 Å². The predicted octanol–water partition coefficient (Wildman–Crippen LogP) is 0.859. The minimum Gasteiger partial charge on any atom is -0.480 e. The van der Waals surface area contributed by atoms with Crippen molar-refractivity contribution in [1.82, 2.24) is 9.03 Å². The summed E-state index contributed by atoms with van der Waals surface area (Å²) in [6.07, 6.45) is 1.49. The molecule has 0 saturated carbocycles. The van der Waals surface area contributed by atoms with E-state index in [-0.39, 0.29) is 16.2 Å². The first-order chi connectivity index (χ1) is 11.0. The fraction of sp³-hybridized carbons (Fsp3) is 0.500. The van der Waals surface area contributed by atoms with E-state index in [1.807, 2.05) is 6.92 Å².